The summed E-state index contributed by atoms with van der Waals surface area (Å²) in [6.45, 7) is 5.37. The van der Waals surface area contributed by atoms with Crippen molar-refractivity contribution in [1.82, 2.24) is 5.32 Å². The number of amides is 2. The molecule has 0 spiro atoms. The van der Waals surface area contributed by atoms with Gasteiger partial charge in [-0.1, -0.05) is 31.2 Å². The van der Waals surface area contributed by atoms with Crippen LogP contribution in [0.4, 0.5) is 5.69 Å². The number of aryl methyl sites for hydroxylation is 1. The quantitative estimate of drug-likeness (QED) is 0.649. The van der Waals surface area contributed by atoms with Crippen LogP contribution in [0, 0.1) is 0 Å². The Hall–Kier alpha value is -2.95. The Bertz CT molecular complexity index is 765. The SMILES string of the molecule is CCc1ccc(C(C)NC(=O)C(=O)Nc2ccc(C(C)=O)cc2)cc1. The van der Waals surface area contributed by atoms with Gasteiger partial charge in [-0.2, -0.15) is 0 Å². The summed E-state index contributed by atoms with van der Waals surface area (Å²) in [5.74, 6) is -1.51. The Morgan fingerprint density at radius 3 is 2.04 bits per heavy atom. The van der Waals surface area contributed by atoms with Crippen molar-refractivity contribution in [2.45, 2.75) is 33.2 Å². The lowest BCUT2D eigenvalue weighted by Crippen LogP contribution is -2.36. The second-order valence-electron chi connectivity index (χ2n) is 5.88. The van der Waals surface area contributed by atoms with Crippen LogP contribution in [-0.2, 0) is 16.0 Å². The summed E-state index contributed by atoms with van der Waals surface area (Å²) in [6, 6.07) is 14.0. The Balaban J connectivity index is 1.94. The summed E-state index contributed by atoms with van der Waals surface area (Å²) in [6.07, 6.45) is 0.950. The van der Waals surface area contributed by atoms with Crippen LogP contribution in [0.25, 0.3) is 0 Å². The molecule has 2 aromatic carbocycles. The monoisotopic (exact) mass is 338 g/mol. The van der Waals surface area contributed by atoms with Gasteiger partial charge in [-0.3, -0.25) is 14.4 Å². The minimum atomic E-state index is -0.743. The highest BCUT2D eigenvalue weighted by Crippen LogP contribution is 2.14. The Labute approximate surface area is 147 Å². The van der Waals surface area contributed by atoms with Crippen LogP contribution in [0.3, 0.4) is 0 Å². The van der Waals surface area contributed by atoms with Gasteiger partial charge in [0.15, 0.2) is 5.78 Å². The predicted molar refractivity (Wildman–Crippen MR) is 97.5 cm³/mol. The van der Waals surface area contributed by atoms with Crippen molar-refractivity contribution in [3.63, 3.8) is 0 Å². The van der Waals surface area contributed by atoms with Gasteiger partial charge in [0.05, 0.1) is 6.04 Å². The molecule has 2 N–H and O–H groups in total. The van der Waals surface area contributed by atoms with Gasteiger partial charge in [-0.15, -0.1) is 0 Å². The van der Waals surface area contributed by atoms with Crippen LogP contribution < -0.4 is 10.6 Å². The predicted octanol–water partition coefficient (Wildman–Crippen LogP) is 3.27. The second kappa shape index (κ2) is 8.24. The Kier molecular flexibility index (Phi) is 6.06. The Morgan fingerprint density at radius 1 is 0.920 bits per heavy atom. The third kappa shape index (κ3) is 5.01. The Morgan fingerprint density at radius 2 is 1.52 bits per heavy atom. The molecule has 5 nitrogen and oxygen atoms in total. The molecule has 0 saturated carbocycles. The fraction of sp³-hybridized carbons (Fsp3) is 0.250. The summed E-state index contributed by atoms with van der Waals surface area (Å²) < 4.78 is 0. The summed E-state index contributed by atoms with van der Waals surface area (Å²) in [5.41, 5.74) is 3.16. The van der Waals surface area contributed by atoms with E-state index in [4.69, 9.17) is 0 Å². The van der Waals surface area contributed by atoms with Crippen molar-refractivity contribution in [3.05, 3.63) is 65.2 Å². The normalized spacial score (nSPS) is 11.5. The third-order valence-corrected chi connectivity index (χ3v) is 3.99. The first-order chi connectivity index (χ1) is 11.9. The molecular formula is C20H22N2O3. The molecule has 2 aromatic rings. The highest BCUT2D eigenvalue weighted by Gasteiger charge is 2.17. The van der Waals surface area contributed by atoms with Gasteiger partial charge in [-0.05, 0) is 55.7 Å². The van der Waals surface area contributed by atoms with Crippen LogP contribution in [0.2, 0.25) is 0 Å². The van der Waals surface area contributed by atoms with Crippen molar-refractivity contribution in [2.75, 3.05) is 5.32 Å². The lowest BCUT2D eigenvalue weighted by molar-refractivity contribution is -0.136. The van der Waals surface area contributed by atoms with E-state index in [1.54, 1.807) is 24.3 Å². The average molecular weight is 338 g/mol. The number of hydrogen-bond donors (Lipinski definition) is 2. The molecule has 130 valence electrons. The summed E-state index contributed by atoms with van der Waals surface area (Å²) >= 11 is 0. The molecule has 0 aliphatic heterocycles. The maximum absolute atomic E-state index is 12.1. The number of hydrogen-bond acceptors (Lipinski definition) is 3. The van der Waals surface area contributed by atoms with E-state index >= 15 is 0 Å². The van der Waals surface area contributed by atoms with E-state index < -0.39 is 11.8 Å². The van der Waals surface area contributed by atoms with Crippen molar-refractivity contribution in [3.8, 4) is 0 Å². The van der Waals surface area contributed by atoms with E-state index in [1.165, 1.54) is 12.5 Å². The van der Waals surface area contributed by atoms with E-state index in [2.05, 4.69) is 17.6 Å². The largest absolute Gasteiger partial charge is 0.341 e. The van der Waals surface area contributed by atoms with Crippen molar-refractivity contribution >= 4 is 23.3 Å². The smallest absolute Gasteiger partial charge is 0.313 e. The topological polar surface area (TPSA) is 75.3 Å². The van der Waals surface area contributed by atoms with Gasteiger partial charge >= 0.3 is 11.8 Å². The molecule has 25 heavy (non-hydrogen) atoms. The highest BCUT2D eigenvalue weighted by molar-refractivity contribution is 6.39. The number of nitrogens with one attached hydrogen (secondary N) is 2. The standard InChI is InChI=1S/C20H22N2O3/c1-4-15-5-7-16(8-6-15)13(2)21-19(24)20(25)22-18-11-9-17(10-12-18)14(3)23/h5-13H,4H2,1-3H3,(H,21,24)(H,22,25). The number of Topliss-reactive ketones (excluding diaryl/α,β-unsaturated/α-hetero) is 1. The third-order valence-electron chi connectivity index (χ3n) is 3.99. The van der Waals surface area contributed by atoms with E-state index in [0.29, 0.717) is 11.3 Å². The zero-order valence-corrected chi connectivity index (χ0v) is 14.6. The molecule has 0 aromatic heterocycles. The average Bonchev–Trinajstić information content (AvgIpc) is 2.62. The van der Waals surface area contributed by atoms with E-state index in [1.807, 2.05) is 31.2 Å². The first-order valence-electron chi connectivity index (χ1n) is 8.22. The van der Waals surface area contributed by atoms with E-state index in [0.717, 1.165) is 12.0 Å². The molecule has 0 radical (unpaired) electrons. The molecule has 1 unspecified atom stereocenters. The maximum atomic E-state index is 12.1. The van der Waals surface area contributed by atoms with Crippen molar-refractivity contribution in [2.24, 2.45) is 0 Å². The van der Waals surface area contributed by atoms with Crippen LogP contribution in [0.15, 0.2) is 48.5 Å². The number of carbonyl (C=O) groups is 3. The number of ketones is 1. The molecule has 0 saturated heterocycles. The van der Waals surface area contributed by atoms with E-state index in [9.17, 15) is 14.4 Å². The molecule has 1 atom stereocenters. The highest BCUT2D eigenvalue weighted by atomic mass is 16.2. The van der Waals surface area contributed by atoms with Crippen LogP contribution in [-0.4, -0.2) is 17.6 Å². The van der Waals surface area contributed by atoms with Gasteiger partial charge in [-0.25, -0.2) is 0 Å². The molecule has 0 aliphatic rings. The van der Waals surface area contributed by atoms with Gasteiger partial charge < -0.3 is 10.6 Å². The zero-order chi connectivity index (χ0) is 18.4. The van der Waals surface area contributed by atoms with Crippen LogP contribution in [0.5, 0.6) is 0 Å². The molecule has 2 rings (SSSR count). The number of anilines is 1. The summed E-state index contributed by atoms with van der Waals surface area (Å²) in [4.78, 5) is 35.3. The van der Waals surface area contributed by atoms with Gasteiger partial charge in [0.1, 0.15) is 0 Å². The van der Waals surface area contributed by atoms with Crippen LogP contribution in [0.1, 0.15) is 48.3 Å². The zero-order valence-electron chi connectivity index (χ0n) is 14.6. The summed E-state index contributed by atoms with van der Waals surface area (Å²) in [5, 5.41) is 5.20. The van der Waals surface area contributed by atoms with E-state index in [-0.39, 0.29) is 11.8 Å². The number of benzene rings is 2. The molecular weight excluding hydrogens is 316 g/mol. The fourth-order valence-electron chi connectivity index (χ4n) is 2.36. The second-order valence-corrected chi connectivity index (χ2v) is 5.88. The molecule has 0 aliphatic carbocycles. The fourth-order valence-corrected chi connectivity index (χ4v) is 2.36. The number of carbonyl (C=O) groups excluding carboxylic acids is 3. The lowest BCUT2D eigenvalue weighted by Gasteiger charge is -2.14. The number of rotatable bonds is 5. The molecule has 0 fully saturated rings. The van der Waals surface area contributed by atoms with Gasteiger partial charge in [0.25, 0.3) is 0 Å². The molecule has 0 bridgehead atoms. The van der Waals surface area contributed by atoms with Crippen LogP contribution >= 0.6 is 0 Å². The first-order valence-corrected chi connectivity index (χ1v) is 8.22. The lowest BCUT2D eigenvalue weighted by atomic mass is 10.0. The molecule has 0 heterocycles. The maximum Gasteiger partial charge on any atom is 0.313 e. The minimum Gasteiger partial charge on any atom is -0.341 e. The first kappa shape index (κ1) is 18.4. The van der Waals surface area contributed by atoms with Crippen molar-refractivity contribution in [1.29, 1.82) is 0 Å². The van der Waals surface area contributed by atoms with Gasteiger partial charge in [0.2, 0.25) is 0 Å². The molecule has 2 amide bonds. The summed E-state index contributed by atoms with van der Waals surface area (Å²) in [7, 11) is 0. The minimum absolute atomic E-state index is 0.0569. The molecule has 5 heteroatoms. The van der Waals surface area contributed by atoms with Gasteiger partial charge in [0, 0.05) is 11.3 Å². The van der Waals surface area contributed by atoms with Crippen molar-refractivity contribution < 1.29 is 14.4 Å².